The van der Waals surface area contributed by atoms with Crippen molar-refractivity contribution in [3.05, 3.63) is 53.5 Å². The number of hydrazone groups is 1. The number of amides is 1. The minimum absolute atomic E-state index is 0.117. The molecule has 0 spiro atoms. The summed E-state index contributed by atoms with van der Waals surface area (Å²) in [7, 11) is 0. The highest BCUT2D eigenvalue weighted by molar-refractivity contribution is 6.38. The van der Waals surface area contributed by atoms with E-state index in [1.165, 1.54) is 17.5 Å². The first-order chi connectivity index (χ1) is 11.5. The molecule has 0 saturated heterocycles. The average molecular weight is 326 g/mol. The molecular formula is C18H18N2O4. The van der Waals surface area contributed by atoms with Crippen molar-refractivity contribution in [2.24, 2.45) is 5.10 Å². The summed E-state index contributed by atoms with van der Waals surface area (Å²) in [6.07, 6.45) is 3.54. The van der Waals surface area contributed by atoms with Crippen molar-refractivity contribution in [1.82, 2.24) is 0 Å². The van der Waals surface area contributed by atoms with Crippen LogP contribution in [0.25, 0.3) is 0 Å². The molecule has 0 saturated carbocycles. The van der Waals surface area contributed by atoms with Crippen molar-refractivity contribution in [3.8, 4) is 0 Å². The van der Waals surface area contributed by atoms with Gasteiger partial charge in [-0.05, 0) is 37.1 Å². The molecule has 0 fully saturated rings. The topological polar surface area (TPSA) is 72.1 Å². The lowest BCUT2D eigenvalue weighted by atomic mass is 10.1. The molecule has 1 amide bonds. The van der Waals surface area contributed by atoms with E-state index in [-0.39, 0.29) is 31.1 Å². The van der Waals surface area contributed by atoms with Crippen LogP contribution in [0, 0.1) is 13.8 Å². The number of aryl methyl sites for hydroxylation is 2. The first-order valence-corrected chi connectivity index (χ1v) is 7.70. The number of ether oxygens (including phenoxy) is 1. The Morgan fingerprint density at radius 2 is 2.12 bits per heavy atom. The first kappa shape index (κ1) is 16.0. The maximum absolute atomic E-state index is 12.2. The van der Waals surface area contributed by atoms with Gasteiger partial charge in [0.05, 0.1) is 18.2 Å². The third-order valence-electron chi connectivity index (χ3n) is 3.81. The highest BCUT2D eigenvalue weighted by Crippen LogP contribution is 2.25. The number of nitrogens with zero attached hydrogens (tertiary/aromatic N) is 2. The molecular weight excluding hydrogens is 308 g/mol. The molecule has 0 N–H and O–H groups in total. The molecule has 0 aliphatic carbocycles. The monoisotopic (exact) mass is 326 g/mol. The Balaban J connectivity index is 1.79. The summed E-state index contributed by atoms with van der Waals surface area (Å²) in [5.74, 6) is -0.644. The molecule has 0 bridgehead atoms. The van der Waals surface area contributed by atoms with E-state index in [2.05, 4.69) is 5.10 Å². The zero-order valence-electron chi connectivity index (χ0n) is 13.6. The molecule has 3 rings (SSSR count). The van der Waals surface area contributed by atoms with Crippen LogP contribution in [0.3, 0.4) is 0 Å². The van der Waals surface area contributed by atoms with Gasteiger partial charge in [-0.2, -0.15) is 10.1 Å². The minimum Gasteiger partial charge on any atom is -0.472 e. The molecule has 1 aliphatic rings. The maximum Gasteiger partial charge on any atom is 0.354 e. The molecule has 6 nitrogen and oxygen atoms in total. The van der Waals surface area contributed by atoms with E-state index in [4.69, 9.17) is 9.15 Å². The Kier molecular flexibility index (Phi) is 4.46. The smallest absolute Gasteiger partial charge is 0.354 e. The Bertz CT molecular complexity index is 793. The SMILES string of the molecule is Cc1ccc(C)c(N2N=C(C(=O)OCc3ccoc3)CCC2=O)c1. The quantitative estimate of drug-likeness (QED) is 0.809. The lowest BCUT2D eigenvalue weighted by molar-refractivity contribution is -0.137. The van der Waals surface area contributed by atoms with E-state index in [0.717, 1.165) is 16.7 Å². The van der Waals surface area contributed by atoms with Crippen molar-refractivity contribution in [1.29, 1.82) is 0 Å². The van der Waals surface area contributed by atoms with Crippen molar-refractivity contribution in [3.63, 3.8) is 0 Å². The summed E-state index contributed by atoms with van der Waals surface area (Å²) in [6.45, 7) is 3.97. The second kappa shape index (κ2) is 6.70. The van der Waals surface area contributed by atoms with Gasteiger partial charge >= 0.3 is 5.97 Å². The van der Waals surface area contributed by atoms with Crippen LogP contribution in [0.5, 0.6) is 0 Å². The van der Waals surface area contributed by atoms with Crippen molar-refractivity contribution in [2.75, 3.05) is 5.01 Å². The van der Waals surface area contributed by atoms with Crippen LogP contribution in [0.2, 0.25) is 0 Å². The molecule has 2 aromatic rings. The van der Waals surface area contributed by atoms with Crippen molar-refractivity contribution in [2.45, 2.75) is 33.3 Å². The fourth-order valence-corrected chi connectivity index (χ4v) is 2.44. The van der Waals surface area contributed by atoms with Gasteiger partial charge in [0.2, 0.25) is 5.91 Å². The summed E-state index contributed by atoms with van der Waals surface area (Å²) in [5, 5.41) is 5.54. The zero-order valence-corrected chi connectivity index (χ0v) is 13.6. The Morgan fingerprint density at radius 3 is 2.88 bits per heavy atom. The Hall–Kier alpha value is -2.89. The number of hydrogen-bond donors (Lipinski definition) is 0. The van der Waals surface area contributed by atoms with Gasteiger partial charge < -0.3 is 9.15 Å². The standard InChI is InChI=1S/C18H18N2O4/c1-12-3-4-13(2)16(9-12)20-17(21)6-5-15(19-20)18(22)24-11-14-7-8-23-10-14/h3-4,7-10H,5-6,11H2,1-2H3. The number of benzene rings is 1. The van der Waals surface area contributed by atoms with Crippen LogP contribution in [0.1, 0.15) is 29.5 Å². The normalized spacial score (nSPS) is 14.5. The second-order valence-corrected chi connectivity index (χ2v) is 5.75. The zero-order chi connectivity index (χ0) is 17.1. The fraction of sp³-hybridized carbons (Fsp3) is 0.278. The lowest BCUT2D eigenvalue weighted by Gasteiger charge is -2.24. The predicted molar refractivity (Wildman–Crippen MR) is 88.6 cm³/mol. The third kappa shape index (κ3) is 3.37. The fourth-order valence-electron chi connectivity index (χ4n) is 2.44. The molecule has 124 valence electrons. The molecule has 0 radical (unpaired) electrons. The largest absolute Gasteiger partial charge is 0.472 e. The van der Waals surface area contributed by atoms with Gasteiger partial charge in [0.15, 0.2) is 0 Å². The number of hydrogen-bond acceptors (Lipinski definition) is 5. The summed E-state index contributed by atoms with van der Waals surface area (Å²) in [4.78, 5) is 24.4. The highest BCUT2D eigenvalue weighted by atomic mass is 16.5. The molecule has 24 heavy (non-hydrogen) atoms. The number of carbonyl (C=O) groups is 2. The van der Waals surface area contributed by atoms with Gasteiger partial charge in [-0.15, -0.1) is 0 Å². The summed E-state index contributed by atoms with van der Waals surface area (Å²) in [5.41, 5.74) is 3.65. The number of carbonyl (C=O) groups excluding carboxylic acids is 2. The second-order valence-electron chi connectivity index (χ2n) is 5.75. The minimum atomic E-state index is -0.515. The van der Waals surface area contributed by atoms with E-state index in [1.807, 2.05) is 32.0 Å². The van der Waals surface area contributed by atoms with Crippen LogP contribution in [0.4, 0.5) is 5.69 Å². The third-order valence-corrected chi connectivity index (χ3v) is 3.81. The Labute approximate surface area is 139 Å². The van der Waals surface area contributed by atoms with Crippen molar-refractivity contribution >= 4 is 23.3 Å². The molecule has 6 heteroatoms. The predicted octanol–water partition coefficient (Wildman–Crippen LogP) is 3.12. The average Bonchev–Trinajstić information content (AvgIpc) is 3.09. The highest BCUT2D eigenvalue weighted by Gasteiger charge is 2.27. The van der Waals surface area contributed by atoms with Crippen LogP contribution >= 0.6 is 0 Å². The number of esters is 1. The van der Waals surface area contributed by atoms with E-state index in [1.54, 1.807) is 6.07 Å². The van der Waals surface area contributed by atoms with Crippen LogP contribution in [0.15, 0.2) is 46.3 Å². The van der Waals surface area contributed by atoms with Crippen LogP contribution < -0.4 is 5.01 Å². The molecule has 0 atom stereocenters. The van der Waals surface area contributed by atoms with E-state index in [9.17, 15) is 9.59 Å². The molecule has 1 aliphatic heterocycles. The van der Waals surface area contributed by atoms with Gasteiger partial charge in [-0.1, -0.05) is 12.1 Å². The molecule has 0 unspecified atom stereocenters. The molecule has 2 heterocycles. The van der Waals surface area contributed by atoms with E-state index < -0.39 is 5.97 Å². The van der Waals surface area contributed by atoms with Gasteiger partial charge in [0.1, 0.15) is 12.3 Å². The van der Waals surface area contributed by atoms with Crippen LogP contribution in [-0.4, -0.2) is 17.6 Å². The summed E-state index contributed by atoms with van der Waals surface area (Å²) >= 11 is 0. The van der Waals surface area contributed by atoms with Gasteiger partial charge in [0.25, 0.3) is 0 Å². The van der Waals surface area contributed by atoms with Gasteiger partial charge in [0, 0.05) is 18.4 Å². The van der Waals surface area contributed by atoms with Crippen LogP contribution in [-0.2, 0) is 20.9 Å². The van der Waals surface area contributed by atoms with E-state index >= 15 is 0 Å². The van der Waals surface area contributed by atoms with E-state index in [0.29, 0.717) is 5.69 Å². The van der Waals surface area contributed by atoms with Gasteiger partial charge in [-0.3, -0.25) is 4.79 Å². The van der Waals surface area contributed by atoms with Crippen molar-refractivity contribution < 1.29 is 18.7 Å². The summed E-state index contributed by atoms with van der Waals surface area (Å²) < 4.78 is 10.2. The van der Waals surface area contributed by atoms with Gasteiger partial charge in [-0.25, -0.2) is 4.79 Å². The number of furan rings is 1. The number of anilines is 1. The Morgan fingerprint density at radius 1 is 1.29 bits per heavy atom. The summed E-state index contributed by atoms with van der Waals surface area (Å²) in [6, 6.07) is 7.51. The number of rotatable bonds is 4. The first-order valence-electron chi connectivity index (χ1n) is 7.70. The molecule has 1 aromatic heterocycles. The molecule has 1 aromatic carbocycles. The maximum atomic E-state index is 12.2. The lowest BCUT2D eigenvalue weighted by Crippen LogP contribution is -2.35.